The van der Waals surface area contributed by atoms with Gasteiger partial charge in [-0.15, -0.1) is 13.2 Å². The van der Waals surface area contributed by atoms with Gasteiger partial charge in [0.05, 0.1) is 33.5 Å². The number of hydrogen-bond acceptors (Lipinski definition) is 10. The summed E-state index contributed by atoms with van der Waals surface area (Å²) in [7, 11) is 1.17. The van der Waals surface area contributed by atoms with Gasteiger partial charge in [-0.3, -0.25) is 19.2 Å². The van der Waals surface area contributed by atoms with E-state index in [4.69, 9.17) is 18.9 Å². The van der Waals surface area contributed by atoms with Gasteiger partial charge in [-0.2, -0.15) is 0 Å². The maximum absolute atomic E-state index is 13.3. The van der Waals surface area contributed by atoms with Crippen LogP contribution in [0.5, 0.6) is 0 Å². The average molecular weight is 642 g/mol. The number of carbonyl (C=O) groups is 6. The van der Waals surface area contributed by atoms with E-state index < -0.39 is 70.0 Å². The average Bonchev–Trinajstić information content (AvgIpc) is 2.89. The second-order valence-electron chi connectivity index (χ2n) is 12.7. The smallest absolute Gasteiger partial charge is 0.408 e. The minimum Gasteiger partial charge on any atom is -0.467 e. The molecular formula is C30H51N5O10. The quantitative estimate of drug-likeness (QED) is 0.0803. The van der Waals surface area contributed by atoms with Crippen molar-refractivity contribution in [1.82, 2.24) is 26.6 Å². The third-order valence-corrected chi connectivity index (χ3v) is 5.80. The van der Waals surface area contributed by atoms with Crippen LogP contribution in [0.1, 0.15) is 62.3 Å². The minimum atomic E-state index is -1.60. The zero-order valence-corrected chi connectivity index (χ0v) is 28.1. The van der Waals surface area contributed by atoms with Crippen molar-refractivity contribution in [2.75, 3.05) is 33.5 Å². The van der Waals surface area contributed by atoms with Gasteiger partial charge in [0, 0.05) is 0 Å². The zero-order chi connectivity index (χ0) is 35.2. The summed E-state index contributed by atoms with van der Waals surface area (Å²) in [5.74, 6) is -3.72. The molecule has 0 unspecified atom stereocenters. The number of ether oxygens (including phenoxy) is 4. The first-order chi connectivity index (χ1) is 20.5. The molecule has 5 amide bonds. The fourth-order valence-corrected chi connectivity index (χ4v) is 3.34. The van der Waals surface area contributed by atoms with Crippen molar-refractivity contribution >= 4 is 35.7 Å². The third kappa shape index (κ3) is 15.0. The molecule has 0 bridgehead atoms. The Morgan fingerprint density at radius 1 is 0.644 bits per heavy atom. The fraction of sp³-hybridized carbons (Fsp3) is 0.667. The van der Waals surface area contributed by atoms with E-state index in [0.29, 0.717) is 0 Å². The molecule has 45 heavy (non-hydrogen) atoms. The number of alkyl carbamates (subject to hydrolysis) is 1. The maximum Gasteiger partial charge on any atom is 0.408 e. The Labute approximate surface area is 265 Å². The van der Waals surface area contributed by atoms with Gasteiger partial charge in [0.15, 0.2) is 0 Å². The highest BCUT2D eigenvalue weighted by molar-refractivity contribution is 5.99. The Morgan fingerprint density at radius 3 is 1.49 bits per heavy atom. The molecule has 15 heteroatoms. The molecule has 15 nitrogen and oxygen atoms in total. The van der Waals surface area contributed by atoms with Crippen molar-refractivity contribution in [1.29, 1.82) is 0 Å². The van der Waals surface area contributed by atoms with E-state index in [9.17, 15) is 28.8 Å². The highest BCUT2D eigenvalue weighted by atomic mass is 16.6. The van der Waals surface area contributed by atoms with E-state index in [1.54, 1.807) is 20.8 Å². The molecule has 0 spiro atoms. The number of hydrogen-bond donors (Lipinski definition) is 5. The lowest BCUT2D eigenvalue weighted by Crippen LogP contribution is -2.66. The van der Waals surface area contributed by atoms with Crippen molar-refractivity contribution in [3.05, 3.63) is 25.3 Å². The van der Waals surface area contributed by atoms with E-state index in [-0.39, 0.29) is 26.4 Å². The first-order valence-electron chi connectivity index (χ1n) is 14.3. The Hall–Kier alpha value is -3.98. The number of carbonyl (C=O) groups excluding carboxylic acids is 6. The van der Waals surface area contributed by atoms with Gasteiger partial charge >= 0.3 is 12.1 Å². The highest BCUT2D eigenvalue weighted by Gasteiger charge is 2.40. The van der Waals surface area contributed by atoms with Crippen LogP contribution in [0, 0.1) is 0 Å². The van der Waals surface area contributed by atoms with Crippen LogP contribution in [-0.4, -0.2) is 104 Å². The van der Waals surface area contributed by atoms with Gasteiger partial charge < -0.3 is 45.5 Å². The molecule has 0 aliphatic heterocycles. The molecule has 0 aliphatic carbocycles. The van der Waals surface area contributed by atoms with E-state index in [1.165, 1.54) is 60.8 Å². The molecule has 0 heterocycles. The predicted octanol–water partition coefficient (Wildman–Crippen LogP) is 0.627. The summed E-state index contributed by atoms with van der Waals surface area (Å²) in [5.41, 5.74) is -5.43. The molecule has 0 aromatic heterocycles. The standard InChI is InChI=1S/C30H51N5O10/c1-13-15-43-17-19(21(36)34-30(10,11)25(40)42-12)31-23(38)28(6,7)35-24(39)29(8,9)33-22(37)20(18-44-16-14-2)32-26(41)45-27(3,4)5/h13-14,19-20H,1-2,15-18H2,3-12H3,(H,31,38)(H,32,41)(H,33,37)(H,34,36)(H,35,39)/t19-,20-/m0/s1. The van der Waals surface area contributed by atoms with Crippen molar-refractivity contribution in [3.63, 3.8) is 0 Å². The summed E-state index contributed by atoms with van der Waals surface area (Å²) >= 11 is 0. The highest BCUT2D eigenvalue weighted by Crippen LogP contribution is 2.12. The predicted molar refractivity (Wildman–Crippen MR) is 166 cm³/mol. The molecule has 0 rings (SSSR count). The number of esters is 1. The second-order valence-corrected chi connectivity index (χ2v) is 12.7. The molecule has 0 saturated carbocycles. The summed E-state index contributed by atoms with van der Waals surface area (Å²) in [4.78, 5) is 77.2. The van der Waals surface area contributed by atoms with E-state index in [0.717, 1.165) is 0 Å². The summed E-state index contributed by atoms with van der Waals surface area (Å²) in [5, 5.41) is 12.6. The lowest BCUT2D eigenvalue weighted by Gasteiger charge is -2.34. The van der Waals surface area contributed by atoms with Gasteiger partial charge in [0.1, 0.15) is 34.3 Å². The van der Waals surface area contributed by atoms with Crippen molar-refractivity contribution in [2.24, 2.45) is 0 Å². The van der Waals surface area contributed by atoms with Crippen LogP contribution in [-0.2, 0) is 42.9 Å². The van der Waals surface area contributed by atoms with Gasteiger partial charge in [-0.05, 0) is 62.3 Å². The van der Waals surface area contributed by atoms with Crippen LogP contribution in [0.15, 0.2) is 25.3 Å². The van der Waals surface area contributed by atoms with Crippen LogP contribution in [0.4, 0.5) is 4.79 Å². The molecule has 0 saturated heterocycles. The molecule has 0 aromatic carbocycles. The van der Waals surface area contributed by atoms with Gasteiger partial charge in [-0.1, -0.05) is 12.2 Å². The summed E-state index contributed by atoms with van der Waals surface area (Å²) < 4.78 is 20.7. The fourth-order valence-electron chi connectivity index (χ4n) is 3.34. The topological polar surface area (TPSA) is 199 Å². The molecule has 0 aliphatic rings. The summed E-state index contributed by atoms with van der Waals surface area (Å²) in [6.07, 6.45) is 2.05. The Balaban J connectivity index is 5.73. The van der Waals surface area contributed by atoms with Gasteiger partial charge in [0.2, 0.25) is 23.6 Å². The minimum absolute atomic E-state index is 0.0798. The van der Waals surface area contributed by atoms with Gasteiger partial charge in [0.25, 0.3) is 0 Å². The van der Waals surface area contributed by atoms with Crippen molar-refractivity contribution in [2.45, 2.75) is 96.6 Å². The number of amides is 5. The maximum atomic E-state index is 13.3. The Bertz CT molecular complexity index is 1100. The summed E-state index contributed by atoms with van der Waals surface area (Å²) in [6.45, 7) is 20.2. The van der Waals surface area contributed by atoms with Gasteiger partial charge in [-0.25, -0.2) is 9.59 Å². The second kappa shape index (κ2) is 17.5. The van der Waals surface area contributed by atoms with Crippen LogP contribution < -0.4 is 26.6 Å². The lowest BCUT2D eigenvalue weighted by atomic mass is 9.98. The van der Waals surface area contributed by atoms with E-state index in [1.807, 2.05) is 0 Å². The van der Waals surface area contributed by atoms with E-state index >= 15 is 0 Å². The monoisotopic (exact) mass is 641 g/mol. The number of nitrogens with one attached hydrogen (secondary N) is 5. The van der Waals surface area contributed by atoms with E-state index in [2.05, 4.69) is 39.7 Å². The number of methoxy groups -OCH3 is 1. The Kier molecular flexibility index (Phi) is 15.9. The molecule has 0 fully saturated rings. The normalized spacial score (nSPS) is 13.3. The summed E-state index contributed by atoms with van der Waals surface area (Å²) in [6, 6.07) is -2.49. The largest absolute Gasteiger partial charge is 0.467 e. The van der Waals surface area contributed by atoms with Crippen molar-refractivity contribution in [3.8, 4) is 0 Å². The first-order valence-corrected chi connectivity index (χ1v) is 14.3. The SMILES string of the molecule is C=CCOC[C@H](NC(=O)OC(C)(C)C)C(=O)NC(C)(C)C(=O)NC(C)(C)C(=O)N[C@@H](COCC=C)C(=O)NC(C)(C)C(=O)OC. The zero-order valence-electron chi connectivity index (χ0n) is 28.1. The lowest BCUT2D eigenvalue weighted by molar-refractivity contribution is -0.150. The molecule has 0 radical (unpaired) electrons. The molecule has 2 atom stereocenters. The third-order valence-electron chi connectivity index (χ3n) is 5.80. The molecule has 0 aromatic rings. The van der Waals surface area contributed by atoms with Crippen LogP contribution >= 0.6 is 0 Å². The molecule has 5 N–H and O–H groups in total. The van der Waals surface area contributed by atoms with Crippen molar-refractivity contribution < 1.29 is 47.7 Å². The molecule has 256 valence electrons. The first kappa shape index (κ1) is 41.0. The van der Waals surface area contributed by atoms with Crippen LogP contribution in [0.2, 0.25) is 0 Å². The van der Waals surface area contributed by atoms with Crippen LogP contribution in [0.25, 0.3) is 0 Å². The Morgan fingerprint density at radius 2 is 1.07 bits per heavy atom. The van der Waals surface area contributed by atoms with Crippen LogP contribution in [0.3, 0.4) is 0 Å². The molecular weight excluding hydrogens is 590 g/mol. The number of rotatable bonds is 18.